The van der Waals surface area contributed by atoms with Gasteiger partial charge in [0, 0.05) is 17.7 Å². The monoisotopic (exact) mass is 326 g/mol. The van der Waals surface area contributed by atoms with Crippen LogP contribution in [0.1, 0.15) is 15.9 Å². The Balaban J connectivity index is 1.76. The summed E-state index contributed by atoms with van der Waals surface area (Å²) in [6, 6.07) is 12.5. The molecule has 0 aliphatic rings. The van der Waals surface area contributed by atoms with Gasteiger partial charge < -0.3 is 15.0 Å². The molecule has 0 atom stereocenters. The highest BCUT2D eigenvalue weighted by Crippen LogP contribution is 2.00. The lowest BCUT2D eigenvalue weighted by atomic mass is 10.2. The van der Waals surface area contributed by atoms with Gasteiger partial charge in [-0.15, -0.1) is 0 Å². The van der Waals surface area contributed by atoms with E-state index in [1.165, 1.54) is 0 Å². The number of H-pyrrole nitrogens is 1. The molecule has 0 spiro atoms. The molecular weight excluding hydrogens is 312 g/mol. The highest BCUT2D eigenvalue weighted by atomic mass is 32.1. The van der Waals surface area contributed by atoms with Gasteiger partial charge in [0.15, 0.2) is 0 Å². The first kappa shape index (κ1) is 16.5. The Hall–Kier alpha value is -2.91. The van der Waals surface area contributed by atoms with Gasteiger partial charge in [0.2, 0.25) is 0 Å². The van der Waals surface area contributed by atoms with Crippen LogP contribution in [0, 0.1) is 16.5 Å². The normalized spacial score (nSPS) is 9.39. The Morgan fingerprint density at radius 3 is 2.74 bits per heavy atom. The minimum atomic E-state index is -0.634. The summed E-state index contributed by atoms with van der Waals surface area (Å²) in [6.07, 6.45) is 1.59. The number of carbonyl (C=O) groups excluding carboxylic acids is 2. The molecule has 0 aliphatic carbocycles. The second kappa shape index (κ2) is 8.51. The molecule has 0 aliphatic heterocycles. The van der Waals surface area contributed by atoms with Gasteiger partial charge in [-0.2, -0.15) is 0 Å². The summed E-state index contributed by atoms with van der Waals surface area (Å²) in [7, 11) is 0. The van der Waals surface area contributed by atoms with Crippen LogP contribution in [-0.4, -0.2) is 23.4 Å². The topological polar surface area (TPSA) is 71.2 Å². The number of pyridine rings is 1. The summed E-state index contributed by atoms with van der Waals surface area (Å²) in [5.74, 6) is 3.92. The molecule has 1 amide bonds. The van der Waals surface area contributed by atoms with Gasteiger partial charge >= 0.3 is 5.97 Å². The molecule has 0 fully saturated rings. The zero-order chi connectivity index (χ0) is 16.5. The highest BCUT2D eigenvalue weighted by Gasteiger charge is 2.03. The lowest BCUT2D eigenvalue weighted by Gasteiger charge is -2.01. The molecule has 116 valence electrons. The average molecular weight is 326 g/mol. The number of hydrogen-bond donors (Lipinski definition) is 2. The summed E-state index contributed by atoms with van der Waals surface area (Å²) in [6.45, 7) is 0.216. The van der Waals surface area contributed by atoms with Crippen molar-refractivity contribution in [3.05, 3.63) is 64.4 Å². The summed E-state index contributed by atoms with van der Waals surface area (Å²) < 4.78 is 5.46. The van der Waals surface area contributed by atoms with Gasteiger partial charge in [-0.3, -0.25) is 4.79 Å². The van der Waals surface area contributed by atoms with E-state index in [0.29, 0.717) is 10.2 Å². The van der Waals surface area contributed by atoms with E-state index in [-0.39, 0.29) is 19.1 Å². The van der Waals surface area contributed by atoms with Crippen molar-refractivity contribution in [1.82, 2.24) is 10.3 Å². The van der Waals surface area contributed by atoms with E-state index < -0.39 is 5.97 Å². The molecule has 6 heteroatoms. The van der Waals surface area contributed by atoms with Crippen molar-refractivity contribution < 1.29 is 14.3 Å². The van der Waals surface area contributed by atoms with E-state index in [1.807, 2.05) is 30.3 Å². The van der Waals surface area contributed by atoms with Crippen molar-refractivity contribution in [2.75, 3.05) is 6.54 Å². The third-order valence-corrected chi connectivity index (χ3v) is 3.01. The first-order chi connectivity index (χ1) is 11.1. The number of benzene rings is 1. The van der Waals surface area contributed by atoms with Crippen LogP contribution in [0.15, 0.2) is 48.7 Å². The molecule has 1 heterocycles. The second-order valence-electron chi connectivity index (χ2n) is 4.49. The van der Waals surface area contributed by atoms with Crippen LogP contribution < -0.4 is 5.32 Å². The number of aromatic nitrogens is 1. The van der Waals surface area contributed by atoms with Crippen molar-refractivity contribution in [2.45, 2.75) is 6.61 Å². The maximum absolute atomic E-state index is 11.8. The van der Waals surface area contributed by atoms with E-state index in [1.54, 1.807) is 18.3 Å². The van der Waals surface area contributed by atoms with Gasteiger partial charge in [0.1, 0.15) is 11.2 Å². The van der Waals surface area contributed by atoms with Crippen molar-refractivity contribution in [1.29, 1.82) is 0 Å². The summed E-state index contributed by atoms with van der Waals surface area (Å²) in [4.78, 5) is 26.0. The van der Waals surface area contributed by atoms with Gasteiger partial charge in [-0.05, 0) is 17.7 Å². The highest BCUT2D eigenvalue weighted by molar-refractivity contribution is 7.71. The first-order valence-corrected chi connectivity index (χ1v) is 7.22. The molecule has 5 nitrogen and oxygen atoms in total. The van der Waals surface area contributed by atoms with Crippen LogP contribution in [0.4, 0.5) is 0 Å². The number of rotatable bonds is 4. The van der Waals surface area contributed by atoms with E-state index in [2.05, 4.69) is 22.1 Å². The Morgan fingerprint density at radius 2 is 2.00 bits per heavy atom. The zero-order valence-corrected chi connectivity index (χ0v) is 13.0. The molecule has 2 rings (SSSR count). The number of hydrogen-bond acceptors (Lipinski definition) is 4. The quantitative estimate of drug-likeness (QED) is 0.391. The van der Waals surface area contributed by atoms with Crippen LogP contribution in [0.3, 0.4) is 0 Å². The standard InChI is InChI=1S/C17H14N2O3S/c20-16(22-12-13-5-2-1-3-6-13)7-4-9-19-17(21)14-8-10-18-15(23)11-14/h1-3,5-6,8,10-11H,9,12H2,(H,18,23)(H,19,21). The Kier molecular flexibility index (Phi) is 6.09. The number of esters is 1. The fourth-order valence-corrected chi connectivity index (χ4v) is 1.88. The van der Waals surface area contributed by atoms with Crippen LogP contribution in [-0.2, 0) is 16.1 Å². The number of ether oxygens (including phenoxy) is 1. The number of carbonyl (C=O) groups is 2. The molecule has 0 unspecified atom stereocenters. The molecule has 1 aromatic heterocycles. The first-order valence-electron chi connectivity index (χ1n) is 6.81. The van der Waals surface area contributed by atoms with E-state index in [4.69, 9.17) is 17.0 Å². The van der Waals surface area contributed by atoms with Crippen molar-refractivity contribution >= 4 is 24.1 Å². The SMILES string of the molecule is O=C(C#CCNC(=O)c1cc[nH]c(=S)c1)OCc1ccccc1. The molecule has 0 radical (unpaired) electrons. The van der Waals surface area contributed by atoms with Gasteiger partial charge in [-0.1, -0.05) is 48.5 Å². The third kappa shape index (κ3) is 5.77. The van der Waals surface area contributed by atoms with Gasteiger partial charge in [0.25, 0.3) is 5.91 Å². The number of nitrogens with one attached hydrogen (secondary N) is 2. The van der Waals surface area contributed by atoms with Gasteiger partial charge in [0.05, 0.1) is 6.54 Å². The Morgan fingerprint density at radius 1 is 1.22 bits per heavy atom. The molecule has 0 saturated carbocycles. The molecule has 1 aromatic carbocycles. The van der Waals surface area contributed by atoms with Crippen molar-refractivity contribution in [3.63, 3.8) is 0 Å². The lowest BCUT2D eigenvalue weighted by Crippen LogP contribution is -2.23. The average Bonchev–Trinajstić information content (AvgIpc) is 2.57. The van der Waals surface area contributed by atoms with Crippen LogP contribution in [0.2, 0.25) is 0 Å². The Bertz CT molecular complexity index is 804. The van der Waals surface area contributed by atoms with Crippen LogP contribution in [0.25, 0.3) is 0 Å². The molecule has 2 aromatic rings. The molecule has 23 heavy (non-hydrogen) atoms. The summed E-state index contributed by atoms with van der Waals surface area (Å²) >= 11 is 4.93. The predicted octanol–water partition coefficient (Wildman–Crippen LogP) is 2.22. The lowest BCUT2D eigenvalue weighted by molar-refractivity contribution is -0.137. The maximum Gasteiger partial charge on any atom is 0.384 e. The molecular formula is C17H14N2O3S. The zero-order valence-electron chi connectivity index (χ0n) is 12.2. The number of amides is 1. The largest absolute Gasteiger partial charge is 0.451 e. The van der Waals surface area contributed by atoms with E-state index >= 15 is 0 Å². The molecule has 0 bridgehead atoms. The number of aromatic amines is 1. The Labute approximate surface area is 138 Å². The minimum absolute atomic E-state index is 0.0463. The van der Waals surface area contributed by atoms with E-state index in [0.717, 1.165) is 5.56 Å². The molecule has 2 N–H and O–H groups in total. The van der Waals surface area contributed by atoms with Crippen molar-refractivity contribution in [2.24, 2.45) is 0 Å². The van der Waals surface area contributed by atoms with Crippen LogP contribution in [0.5, 0.6) is 0 Å². The summed E-state index contributed by atoms with van der Waals surface area (Å²) in [5, 5.41) is 2.57. The fraction of sp³-hybridized carbons (Fsp3) is 0.118. The predicted molar refractivity (Wildman–Crippen MR) is 88.0 cm³/mol. The molecule has 0 saturated heterocycles. The smallest absolute Gasteiger partial charge is 0.384 e. The fourth-order valence-electron chi connectivity index (χ4n) is 1.69. The minimum Gasteiger partial charge on any atom is -0.451 e. The third-order valence-electron chi connectivity index (χ3n) is 2.78. The van der Waals surface area contributed by atoms with Crippen molar-refractivity contribution in [3.8, 4) is 11.8 Å². The summed E-state index contributed by atoms with van der Waals surface area (Å²) in [5.41, 5.74) is 1.32. The van der Waals surface area contributed by atoms with Crippen LogP contribution >= 0.6 is 12.2 Å². The van der Waals surface area contributed by atoms with E-state index in [9.17, 15) is 9.59 Å². The maximum atomic E-state index is 11.8. The second-order valence-corrected chi connectivity index (χ2v) is 4.93. The van der Waals surface area contributed by atoms with Gasteiger partial charge in [-0.25, -0.2) is 4.79 Å².